The quantitative estimate of drug-likeness (QED) is 0.216. The lowest BCUT2D eigenvalue weighted by molar-refractivity contribution is -0.916. The van der Waals surface area contributed by atoms with Crippen molar-refractivity contribution in [1.29, 1.82) is 0 Å². The summed E-state index contributed by atoms with van der Waals surface area (Å²) in [6.07, 6.45) is 17.1. The fourth-order valence-electron chi connectivity index (χ4n) is 3.49. The Bertz CT molecular complexity index is 321. The molecule has 0 aliphatic rings. The van der Waals surface area contributed by atoms with Gasteiger partial charge >= 0.3 is 5.97 Å². The maximum Gasteiger partial charge on any atom is 0.302 e. The molecule has 0 saturated carbocycles. The van der Waals surface area contributed by atoms with Gasteiger partial charge in [0.15, 0.2) is 0 Å². The Morgan fingerprint density at radius 2 is 1.27 bits per heavy atom. The highest BCUT2D eigenvalue weighted by Crippen LogP contribution is 2.18. The summed E-state index contributed by atoms with van der Waals surface area (Å²) in [4.78, 5) is 11.3. The van der Waals surface area contributed by atoms with Crippen LogP contribution in [0.25, 0.3) is 0 Å². The highest BCUT2D eigenvalue weighted by Gasteiger charge is 2.28. The molecule has 0 N–H and O–H groups in total. The molecule has 0 aromatic heterocycles. The van der Waals surface area contributed by atoms with E-state index in [1.807, 2.05) is 0 Å². The topological polar surface area (TPSA) is 26.3 Å². The lowest BCUT2D eigenvalue weighted by Crippen LogP contribution is -3.00. The van der Waals surface area contributed by atoms with E-state index in [4.69, 9.17) is 4.74 Å². The molecule has 0 aliphatic heterocycles. The van der Waals surface area contributed by atoms with Crippen molar-refractivity contribution in [3.05, 3.63) is 0 Å². The maximum atomic E-state index is 11.3. The molecule has 0 aromatic rings. The zero-order valence-electron chi connectivity index (χ0n) is 18.3. The monoisotopic (exact) mass is 391 g/mol. The molecule has 4 heteroatoms. The molecular formula is C22H46ClNO2. The highest BCUT2D eigenvalue weighted by atomic mass is 35.5. The second-order valence-corrected chi connectivity index (χ2v) is 8.28. The van der Waals surface area contributed by atoms with Crippen molar-refractivity contribution >= 4 is 5.97 Å². The van der Waals surface area contributed by atoms with E-state index in [-0.39, 0.29) is 18.4 Å². The minimum absolute atomic E-state index is 0. The fourth-order valence-corrected chi connectivity index (χ4v) is 3.49. The third kappa shape index (κ3) is 15.9. The predicted octanol–water partition coefficient (Wildman–Crippen LogP) is 3.11. The molecule has 26 heavy (non-hydrogen) atoms. The number of rotatable bonds is 17. The van der Waals surface area contributed by atoms with Gasteiger partial charge in [-0.25, -0.2) is 0 Å². The Hall–Kier alpha value is -0.280. The van der Waals surface area contributed by atoms with Gasteiger partial charge in [-0.15, -0.1) is 0 Å². The predicted molar refractivity (Wildman–Crippen MR) is 109 cm³/mol. The van der Waals surface area contributed by atoms with Crippen molar-refractivity contribution in [2.75, 3.05) is 27.2 Å². The van der Waals surface area contributed by atoms with E-state index < -0.39 is 0 Å². The lowest BCUT2D eigenvalue weighted by atomic mass is 10.0. The lowest BCUT2D eigenvalue weighted by Gasteiger charge is -2.38. The fraction of sp³-hybridized carbons (Fsp3) is 0.955. The van der Waals surface area contributed by atoms with E-state index in [0.717, 1.165) is 4.48 Å². The minimum Gasteiger partial charge on any atom is -1.00 e. The van der Waals surface area contributed by atoms with Crippen LogP contribution in [0.15, 0.2) is 0 Å². The zero-order valence-corrected chi connectivity index (χ0v) is 19.1. The van der Waals surface area contributed by atoms with E-state index >= 15 is 0 Å². The number of esters is 1. The van der Waals surface area contributed by atoms with E-state index in [9.17, 15) is 4.79 Å². The summed E-state index contributed by atoms with van der Waals surface area (Å²) >= 11 is 0. The van der Waals surface area contributed by atoms with Gasteiger partial charge in [-0.05, 0) is 19.3 Å². The smallest absolute Gasteiger partial charge is 0.302 e. The van der Waals surface area contributed by atoms with Crippen LogP contribution >= 0.6 is 0 Å². The van der Waals surface area contributed by atoms with Gasteiger partial charge in [-0.1, -0.05) is 71.6 Å². The summed E-state index contributed by atoms with van der Waals surface area (Å²) < 4.78 is 6.37. The first-order valence-electron chi connectivity index (χ1n) is 10.9. The molecule has 0 saturated heterocycles. The van der Waals surface area contributed by atoms with Crippen LogP contribution in [0, 0.1) is 0 Å². The summed E-state index contributed by atoms with van der Waals surface area (Å²) in [6.45, 7) is 7.82. The molecule has 0 bridgehead atoms. The number of quaternary nitrogens is 1. The average molecular weight is 392 g/mol. The largest absolute Gasteiger partial charge is 1.00 e. The first-order chi connectivity index (χ1) is 11.9. The number of hydrogen-bond donors (Lipinski definition) is 0. The Kier molecular flexibility index (Phi) is 19.4. The van der Waals surface area contributed by atoms with Crippen LogP contribution in [0.2, 0.25) is 0 Å². The number of likely N-dealkylation sites (N-methyl/N-ethyl adjacent to an activating group) is 1. The number of carbonyl (C=O) groups is 1. The summed E-state index contributed by atoms with van der Waals surface area (Å²) in [5, 5.41) is 0. The van der Waals surface area contributed by atoms with Crippen LogP contribution in [0.5, 0.6) is 0 Å². The average Bonchev–Trinajstić information content (AvgIpc) is 2.56. The van der Waals surface area contributed by atoms with E-state index in [0.29, 0.717) is 12.6 Å². The van der Waals surface area contributed by atoms with Gasteiger partial charge in [0.1, 0.15) is 12.6 Å². The Balaban J connectivity index is 0. The summed E-state index contributed by atoms with van der Waals surface area (Å²) in [5.74, 6) is -0.146. The number of halogens is 1. The third-order valence-electron chi connectivity index (χ3n) is 5.45. The van der Waals surface area contributed by atoms with Crippen molar-refractivity contribution < 1.29 is 26.4 Å². The van der Waals surface area contributed by atoms with Gasteiger partial charge in [0, 0.05) is 13.3 Å². The van der Waals surface area contributed by atoms with Crippen LogP contribution in [0.1, 0.15) is 104 Å². The molecule has 0 rings (SSSR count). The van der Waals surface area contributed by atoms with Crippen molar-refractivity contribution in [1.82, 2.24) is 0 Å². The molecule has 0 aromatic carbocycles. The Labute approximate surface area is 170 Å². The van der Waals surface area contributed by atoms with Gasteiger partial charge in [0.05, 0.1) is 20.6 Å². The van der Waals surface area contributed by atoms with Crippen LogP contribution in [-0.2, 0) is 9.53 Å². The van der Waals surface area contributed by atoms with E-state index in [1.165, 1.54) is 96.9 Å². The molecular weight excluding hydrogens is 346 g/mol. The molecule has 0 fully saturated rings. The van der Waals surface area contributed by atoms with Crippen molar-refractivity contribution in [2.24, 2.45) is 0 Å². The SMILES string of the molecule is CCCCCCCCC(COC(C)=O)[N+](C)(C)CCCCCCCC.[Cl-]. The van der Waals surface area contributed by atoms with Crippen molar-refractivity contribution in [3.8, 4) is 0 Å². The number of unbranched alkanes of at least 4 members (excludes halogenated alkanes) is 10. The molecule has 0 amide bonds. The van der Waals surface area contributed by atoms with E-state index in [1.54, 1.807) is 0 Å². The maximum absolute atomic E-state index is 11.3. The third-order valence-corrected chi connectivity index (χ3v) is 5.45. The number of carbonyl (C=O) groups excluding carboxylic acids is 1. The van der Waals surface area contributed by atoms with Crippen LogP contribution in [0.3, 0.4) is 0 Å². The first-order valence-corrected chi connectivity index (χ1v) is 10.9. The highest BCUT2D eigenvalue weighted by molar-refractivity contribution is 5.65. The normalized spacial score (nSPS) is 12.5. The number of nitrogens with zero attached hydrogens (tertiary/aromatic N) is 1. The van der Waals surface area contributed by atoms with Gasteiger partial charge in [-0.2, -0.15) is 0 Å². The molecule has 0 heterocycles. The Morgan fingerprint density at radius 1 is 0.808 bits per heavy atom. The van der Waals surface area contributed by atoms with Crippen molar-refractivity contribution in [2.45, 2.75) is 110 Å². The molecule has 3 nitrogen and oxygen atoms in total. The Morgan fingerprint density at radius 3 is 1.77 bits per heavy atom. The van der Waals surface area contributed by atoms with E-state index in [2.05, 4.69) is 27.9 Å². The van der Waals surface area contributed by atoms with Gasteiger partial charge in [0.25, 0.3) is 0 Å². The number of hydrogen-bond acceptors (Lipinski definition) is 2. The first kappa shape index (κ1) is 27.9. The molecule has 0 aliphatic carbocycles. The van der Waals surface area contributed by atoms with Crippen molar-refractivity contribution in [3.63, 3.8) is 0 Å². The molecule has 1 atom stereocenters. The van der Waals surface area contributed by atoms with Gasteiger partial charge < -0.3 is 21.6 Å². The molecule has 158 valence electrons. The van der Waals surface area contributed by atoms with Crippen LogP contribution in [-0.4, -0.2) is 43.7 Å². The van der Waals surface area contributed by atoms with Gasteiger partial charge in [-0.3, -0.25) is 4.79 Å². The van der Waals surface area contributed by atoms with Crippen LogP contribution < -0.4 is 12.4 Å². The van der Waals surface area contributed by atoms with Crippen LogP contribution in [0.4, 0.5) is 0 Å². The summed E-state index contributed by atoms with van der Waals surface area (Å²) in [7, 11) is 4.63. The van der Waals surface area contributed by atoms with Gasteiger partial charge in [0.2, 0.25) is 0 Å². The molecule has 0 radical (unpaired) electrons. The number of ether oxygens (including phenoxy) is 1. The zero-order chi connectivity index (χ0) is 19.0. The summed E-state index contributed by atoms with van der Waals surface area (Å²) in [6, 6.07) is 0.436. The minimum atomic E-state index is -0.146. The second kappa shape index (κ2) is 18.1. The molecule has 0 spiro atoms. The molecule has 1 unspecified atom stereocenters. The summed E-state index contributed by atoms with van der Waals surface area (Å²) in [5.41, 5.74) is 0. The second-order valence-electron chi connectivity index (χ2n) is 8.28. The standard InChI is InChI=1S/C22H46NO2.ClH/c1-6-8-10-12-14-16-18-22(20-25-21(3)24)23(4,5)19-17-15-13-11-9-7-2;/h22H,6-20H2,1-5H3;1H/q+1;/p-1.